The fourth-order valence-corrected chi connectivity index (χ4v) is 2.02. The van der Waals surface area contributed by atoms with Gasteiger partial charge in [-0.15, -0.1) is 0 Å². The molecular weight excluding hydrogens is 206 g/mol. The molecular formula is C11H17N3O2. The first-order valence-corrected chi connectivity index (χ1v) is 5.51. The van der Waals surface area contributed by atoms with Gasteiger partial charge in [0.15, 0.2) is 0 Å². The van der Waals surface area contributed by atoms with Gasteiger partial charge in [-0.05, 0) is 25.8 Å². The second-order valence-electron chi connectivity index (χ2n) is 4.21. The molecule has 1 aromatic rings. The number of carbonyl (C=O) groups excluding carboxylic acids is 1. The number of aryl methyl sites for hydroxylation is 1. The Morgan fingerprint density at radius 3 is 2.88 bits per heavy atom. The standard InChI is InChI=1S/C11H17N3O2/c1-3-14-7-4-8(13-14)11(5-6-11)9(12)10(15)16-2/h4,7,9H,3,5-6,12H2,1-2H3. The van der Waals surface area contributed by atoms with Crippen LogP contribution in [0.25, 0.3) is 0 Å². The Bertz CT molecular complexity index is 396. The number of rotatable bonds is 4. The lowest BCUT2D eigenvalue weighted by atomic mass is 9.93. The van der Waals surface area contributed by atoms with Gasteiger partial charge < -0.3 is 10.5 Å². The molecule has 5 heteroatoms. The van der Waals surface area contributed by atoms with Crippen molar-refractivity contribution in [3.05, 3.63) is 18.0 Å². The van der Waals surface area contributed by atoms with Crippen molar-refractivity contribution >= 4 is 5.97 Å². The Kier molecular flexibility index (Phi) is 2.71. The molecule has 88 valence electrons. The maximum Gasteiger partial charge on any atom is 0.323 e. The summed E-state index contributed by atoms with van der Waals surface area (Å²) in [5.41, 5.74) is 6.55. The maximum atomic E-state index is 11.5. The van der Waals surface area contributed by atoms with Crippen molar-refractivity contribution in [2.45, 2.75) is 37.8 Å². The number of aromatic nitrogens is 2. The van der Waals surface area contributed by atoms with Crippen molar-refractivity contribution in [2.75, 3.05) is 7.11 Å². The summed E-state index contributed by atoms with van der Waals surface area (Å²) in [7, 11) is 1.36. The topological polar surface area (TPSA) is 70.1 Å². The van der Waals surface area contributed by atoms with Gasteiger partial charge in [0, 0.05) is 18.2 Å². The zero-order valence-corrected chi connectivity index (χ0v) is 9.64. The average Bonchev–Trinajstić information content (AvgIpc) is 2.98. The minimum atomic E-state index is -0.599. The number of hydrogen-bond acceptors (Lipinski definition) is 4. The number of ether oxygens (including phenoxy) is 1. The monoisotopic (exact) mass is 223 g/mol. The van der Waals surface area contributed by atoms with Crippen molar-refractivity contribution in [3.63, 3.8) is 0 Å². The van der Waals surface area contributed by atoms with E-state index in [1.807, 2.05) is 23.9 Å². The van der Waals surface area contributed by atoms with Crippen molar-refractivity contribution in [3.8, 4) is 0 Å². The Labute approximate surface area is 94.6 Å². The van der Waals surface area contributed by atoms with Crippen LogP contribution in [0.5, 0.6) is 0 Å². The van der Waals surface area contributed by atoms with Crippen molar-refractivity contribution in [1.29, 1.82) is 0 Å². The first-order valence-electron chi connectivity index (χ1n) is 5.51. The normalized spacial score (nSPS) is 19.2. The maximum absolute atomic E-state index is 11.5. The second kappa shape index (κ2) is 3.90. The van der Waals surface area contributed by atoms with E-state index in [1.165, 1.54) is 7.11 Å². The smallest absolute Gasteiger partial charge is 0.323 e. The van der Waals surface area contributed by atoms with E-state index in [4.69, 9.17) is 10.5 Å². The third-order valence-electron chi connectivity index (χ3n) is 3.31. The minimum absolute atomic E-state index is 0.284. The molecule has 1 fully saturated rings. The first-order chi connectivity index (χ1) is 7.64. The van der Waals surface area contributed by atoms with Gasteiger partial charge in [0.25, 0.3) is 0 Å². The SMILES string of the molecule is CCn1ccc(C2(C(N)C(=O)OC)CC2)n1. The molecule has 16 heavy (non-hydrogen) atoms. The van der Waals surface area contributed by atoms with E-state index in [0.29, 0.717) is 0 Å². The van der Waals surface area contributed by atoms with Gasteiger partial charge in [-0.1, -0.05) is 0 Å². The van der Waals surface area contributed by atoms with Gasteiger partial charge in [0.2, 0.25) is 0 Å². The number of methoxy groups -OCH3 is 1. The van der Waals surface area contributed by atoms with E-state index in [-0.39, 0.29) is 11.4 Å². The highest BCUT2D eigenvalue weighted by Gasteiger charge is 2.54. The summed E-state index contributed by atoms with van der Waals surface area (Å²) in [5, 5.41) is 4.43. The molecule has 0 radical (unpaired) electrons. The van der Waals surface area contributed by atoms with E-state index in [0.717, 1.165) is 25.1 Å². The molecule has 2 N–H and O–H groups in total. The average molecular weight is 223 g/mol. The van der Waals surface area contributed by atoms with E-state index >= 15 is 0 Å². The fourth-order valence-electron chi connectivity index (χ4n) is 2.02. The molecule has 0 spiro atoms. The van der Waals surface area contributed by atoms with Crippen LogP contribution in [0.2, 0.25) is 0 Å². The van der Waals surface area contributed by atoms with Crippen LogP contribution >= 0.6 is 0 Å². The van der Waals surface area contributed by atoms with Crippen LogP contribution in [0, 0.1) is 0 Å². The molecule has 1 atom stereocenters. The predicted octanol–water partition coefficient (Wildman–Crippen LogP) is 0.435. The van der Waals surface area contributed by atoms with E-state index in [9.17, 15) is 4.79 Å². The van der Waals surface area contributed by atoms with Crippen LogP contribution in [-0.4, -0.2) is 28.9 Å². The van der Waals surface area contributed by atoms with Crippen molar-refractivity contribution in [2.24, 2.45) is 5.73 Å². The van der Waals surface area contributed by atoms with Crippen molar-refractivity contribution in [1.82, 2.24) is 9.78 Å². The lowest BCUT2D eigenvalue weighted by molar-refractivity contribution is -0.143. The molecule has 5 nitrogen and oxygen atoms in total. The highest BCUT2D eigenvalue weighted by molar-refractivity contribution is 5.78. The van der Waals surface area contributed by atoms with Gasteiger partial charge in [-0.2, -0.15) is 5.10 Å². The summed E-state index contributed by atoms with van der Waals surface area (Å²) in [6.07, 6.45) is 3.73. The molecule has 1 aliphatic rings. The molecule has 1 saturated carbocycles. The summed E-state index contributed by atoms with van der Waals surface area (Å²) in [5.74, 6) is -0.358. The van der Waals surface area contributed by atoms with E-state index in [1.54, 1.807) is 0 Å². The largest absolute Gasteiger partial charge is 0.468 e. The van der Waals surface area contributed by atoms with Crippen molar-refractivity contribution < 1.29 is 9.53 Å². The third kappa shape index (κ3) is 1.61. The van der Waals surface area contributed by atoms with E-state index in [2.05, 4.69) is 5.10 Å². The van der Waals surface area contributed by atoms with Gasteiger partial charge >= 0.3 is 5.97 Å². The molecule has 0 saturated heterocycles. The zero-order chi connectivity index (χ0) is 11.8. The van der Waals surface area contributed by atoms with Crippen LogP contribution in [0.15, 0.2) is 12.3 Å². The summed E-state index contributed by atoms with van der Waals surface area (Å²) < 4.78 is 6.54. The molecule has 0 amide bonds. The minimum Gasteiger partial charge on any atom is -0.468 e. The highest BCUT2D eigenvalue weighted by atomic mass is 16.5. The third-order valence-corrected chi connectivity index (χ3v) is 3.31. The summed E-state index contributed by atoms with van der Waals surface area (Å²) >= 11 is 0. The number of nitrogens with zero attached hydrogens (tertiary/aromatic N) is 2. The van der Waals surface area contributed by atoms with Gasteiger partial charge in [-0.25, -0.2) is 0 Å². The van der Waals surface area contributed by atoms with Gasteiger partial charge in [-0.3, -0.25) is 9.48 Å². The predicted molar refractivity (Wildman–Crippen MR) is 58.8 cm³/mol. The fraction of sp³-hybridized carbons (Fsp3) is 0.636. The molecule has 1 unspecified atom stereocenters. The summed E-state index contributed by atoms with van der Waals surface area (Å²) in [4.78, 5) is 11.5. The van der Waals surface area contributed by atoms with Crippen LogP contribution in [-0.2, 0) is 21.5 Å². The number of nitrogens with two attached hydrogens (primary N) is 1. The van der Waals surface area contributed by atoms with Crippen LogP contribution in [0.3, 0.4) is 0 Å². The second-order valence-corrected chi connectivity index (χ2v) is 4.21. The lowest BCUT2D eigenvalue weighted by Gasteiger charge is -2.18. The quantitative estimate of drug-likeness (QED) is 0.752. The molecule has 0 aromatic carbocycles. The zero-order valence-electron chi connectivity index (χ0n) is 9.64. The van der Waals surface area contributed by atoms with Crippen LogP contribution < -0.4 is 5.73 Å². The first kappa shape index (κ1) is 11.1. The Hall–Kier alpha value is -1.36. The Balaban J connectivity index is 2.22. The Morgan fingerprint density at radius 2 is 2.44 bits per heavy atom. The number of hydrogen-bond donors (Lipinski definition) is 1. The van der Waals surface area contributed by atoms with Crippen LogP contribution in [0.1, 0.15) is 25.5 Å². The summed E-state index contributed by atoms with van der Waals surface area (Å²) in [6, 6.07) is 1.34. The Morgan fingerprint density at radius 1 is 1.75 bits per heavy atom. The van der Waals surface area contributed by atoms with Gasteiger partial charge in [0.1, 0.15) is 6.04 Å². The number of esters is 1. The van der Waals surface area contributed by atoms with Gasteiger partial charge in [0.05, 0.1) is 12.8 Å². The molecule has 1 aromatic heterocycles. The number of carbonyl (C=O) groups is 1. The highest BCUT2D eigenvalue weighted by Crippen LogP contribution is 2.49. The molecule has 0 aliphatic heterocycles. The molecule has 2 rings (SSSR count). The lowest BCUT2D eigenvalue weighted by Crippen LogP contribution is -2.43. The molecule has 0 bridgehead atoms. The summed E-state index contributed by atoms with van der Waals surface area (Å²) in [6.45, 7) is 2.85. The molecule has 1 heterocycles. The van der Waals surface area contributed by atoms with Crippen LogP contribution in [0.4, 0.5) is 0 Å². The molecule has 1 aliphatic carbocycles. The van der Waals surface area contributed by atoms with E-state index < -0.39 is 6.04 Å².